The Kier molecular flexibility index (Phi) is 55.0. The van der Waals surface area contributed by atoms with Crippen molar-refractivity contribution in [3.8, 4) is 0 Å². The Morgan fingerprint density at radius 2 is 0.609 bits per heavy atom. The minimum Gasteiger partial charge on any atom is -0.0856 e. The molecule has 0 radical (unpaired) electrons. The highest BCUT2D eigenvalue weighted by Crippen LogP contribution is 2.24. The smallest absolute Gasteiger partial charge is 0.0285 e. The summed E-state index contributed by atoms with van der Waals surface area (Å²) >= 11 is 0. The second-order valence-corrected chi connectivity index (χ2v) is 25.8. The fraction of sp³-hybridized carbons (Fsp3) is 0.826. The van der Waals surface area contributed by atoms with E-state index in [9.17, 15) is 0 Å². The number of hydrogen-bond acceptors (Lipinski definition) is 0. The average Bonchev–Trinajstić information content (AvgIpc) is 3.20. The Morgan fingerprint density at radius 1 is 0.304 bits per heavy atom. The van der Waals surface area contributed by atoms with Crippen LogP contribution >= 0.6 is 0 Å². The summed E-state index contributed by atoms with van der Waals surface area (Å²) in [5.74, 6) is 8.75. The molecule has 0 aromatic carbocycles. The topological polar surface area (TPSA) is 0 Å². The van der Waals surface area contributed by atoms with Crippen molar-refractivity contribution in [1.29, 1.82) is 0 Å². The van der Waals surface area contributed by atoms with E-state index in [4.69, 9.17) is 0 Å². The fourth-order valence-electron chi connectivity index (χ4n) is 8.72. The Balaban J connectivity index is -0.000000411. The Morgan fingerprint density at radius 3 is 0.928 bits per heavy atom. The largest absolute Gasteiger partial charge is 0.0856 e. The van der Waals surface area contributed by atoms with E-state index >= 15 is 0 Å². The van der Waals surface area contributed by atoms with E-state index in [1.165, 1.54) is 176 Å². The van der Waals surface area contributed by atoms with Crippen molar-refractivity contribution in [2.45, 2.75) is 313 Å². The molecule has 4 atom stereocenters. The van der Waals surface area contributed by atoms with Crippen LogP contribution in [0.15, 0.2) is 70.4 Å². The van der Waals surface area contributed by atoms with E-state index in [2.05, 4.69) is 202 Å². The van der Waals surface area contributed by atoms with Crippen LogP contribution in [0.25, 0.3) is 0 Å². The van der Waals surface area contributed by atoms with E-state index in [1.54, 1.807) is 5.57 Å². The van der Waals surface area contributed by atoms with E-state index in [0.29, 0.717) is 5.92 Å². The van der Waals surface area contributed by atoms with Crippen LogP contribution in [0.4, 0.5) is 0 Å². The second-order valence-electron chi connectivity index (χ2n) is 25.8. The normalized spacial score (nSPS) is 14.1. The predicted molar refractivity (Wildman–Crippen MR) is 326 cm³/mol. The van der Waals surface area contributed by atoms with Gasteiger partial charge in [0.2, 0.25) is 0 Å². The Hall–Kier alpha value is -1.56. The molecule has 0 N–H and O–H groups in total. The van der Waals surface area contributed by atoms with Crippen LogP contribution in [-0.2, 0) is 0 Å². The molecule has 0 heteroatoms. The number of hydrogen-bond donors (Lipinski definition) is 0. The molecule has 0 fully saturated rings. The van der Waals surface area contributed by atoms with Crippen molar-refractivity contribution in [3.05, 3.63) is 70.4 Å². The van der Waals surface area contributed by atoms with Gasteiger partial charge in [0.05, 0.1) is 0 Å². The van der Waals surface area contributed by atoms with Gasteiger partial charge >= 0.3 is 0 Å². The van der Waals surface area contributed by atoms with Gasteiger partial charge in [-0.1, -0.05) is 277 Å². The molecular formula is C69H134. The molecule has 0 aliphatic rings. The number of allylic oxidation sites excluding steroid dienone is 12. The standard InChI is InChI=1S/C19H40.C19H34.C17H36.C14H24/c2*1-16(2)10-7-12-18(5)14-9-15-19(6)13-8-11-17(3)4;1-14(2)9-7-10-16(5)11-8-12-17(6)13-15(3)4;1-12(2)8-6-10-14(5)11-7-9-13(3)4/h16-19H,7-15H2,1-6H3;10,13-14,17H,7-9,11-12,15H2,1-6H3;14-17H,7-13H2,1-6H3;6,8-10,12H,7,11H2,1-5H3/b;18-14+,19-13+;;8-6-,14-10-. The minimum atomic E-state index is 0.650. The first-order chi connectivity index (χ1) is 32.3. The van der Waals surface area contributed by atoms with Gasteiger partial charge in [-0.05, 0) is 165 Å². The summed E-state index contributed by atoms with van der Waals surface area (Å²) in [6, 6.07) is 0. The highest BCUT2D eigenvalue weighted by atomic mass is 14.1. The lowest BCUT2D eigenvalue weighted by atomic mass is 9.90. The summed E-state index contributed by atoms with van der Waals surface area (Å²) in [5, 5.41) is 0. The van der Waals surface area contributed by atoms with Gasteiger partial charge in [-0.25, -0.2) is 0 Å². The zero-order valence-corrected chi connectivity index (χ0v) is 52.3. The molecule has 0 heterocycles. The zero-order chi connectivity index (χ0) is 53.6. The molecule has 69 heavy (non-hydrogen) atoms. The molecule has 0 aliphatic carbocycles. The molecule has 0 aromatic heterocycles. The van der Waals surface area contributed by atoms with Crippen molar-refractivity contribution in [1.82, 2.24) is 0 Å². The summed E-state index contributed by atoms with van der Waals surface area (Å²) < 4.78 is 0. The maximum absolute atomic E-state index is 2.45. The summed E-state index contributed by atoms with van der Waals surface area (Å²) in [7, 11) is 0. The molecule has 0 amide bonds. The lowest BCUT2D eigenvalue weighted by molar-refractivity contribution is 0.368. The summed E-state index contributed by atoms with van der Waals surface area (Å²) in [4.78, 5) is 0. The first-order valence-corrected chi connectivity index (χ1v) is 30.2. The maximum Gasteiger partial charge on any atom is -0.0285 e. The lowest BCUT2D eigenvalue weighted by Crippen LogP contribution is -2.02. The molecule has 0 rings (SSSR count). The van der Waals surface area contributed by atoms with Gasteiger partial charge in [-0.3, -0.25) is 0 Å². The molecule has 0 bridgehead atoms. The van der Waals surface area contributed by atoms with Crippen molar-refractivity contribution in [3.63, 3.8) is 0 Å². The third-order valence-corrected chi connectivity index (χ3v) is 13.4. The van der Waals surface area contributed by atoms with Crippen molar-refractivity contribution in [2.24, 2.45) is 59.2 Å². The van der Waals surface area contributed by atoms with E-state index in [1.807, 2.05) is 0 Å². The second kappa shape index (κ2) is 51.3. The Labute approximate surface area is 440 Å². The van der Waals surface area contributed by atoms with Crippen molar-refractivity contribution >= 4 is 0 Å². The highest BCUT2D eigenvalue weighted by Gasteiger charge is 2.09. The van der Waals surface area contributed by atoms with Crippen LogP contribution in [0.1, 0.15) is 313 Å². The van der Waals surface area contributed by atoms with Gasteiger partial charge in [-0.2, -0.15) is 0 Å². The summed E-state index contributed by atoms with van der Waals surface area (Å²) in [6.45, 7) is 52.8. The summed E-state index contributed by atoms with van der Waals surface area (Å²) in [6.07, 6.45) is 48.7. The SMILES string of the molecule is CC(C)=CCC/C(C)=C/CC/C(C)=C/CCC(C)C.CC(C)=CCC/C(C)=C\C=C/C(C)C.CC(C)CCCC(C)CCCC(C)CC(C)C.CC(C)CCCC(C)CCCC(C)CCCC(C)C. The first-order valence-electron chi connectivity index (χ1n) is 30.2. The fourth-order valence-corrected chi connectivity index (χ4v) is 8.72. The summed E-state index contributed by atoms with van der Waals surface area (Å²) in [5.41, 5.74) is 7.38. The van der Waals surface area contributed by atoms with Crippen LogP contribution in [-0.4, -0.2) is 0 Å². The van der Waals surface area contributed by atoms with Gasteiger partial charge in [0.15, 0.2) is 0 Å². The highest BCUT2D eigenvalue weighted by molar-refractivity contribution is 5.12. The minimum absolute atomic E-state index is 0.650. The van der Waals surface area contributed by atoms with Gasteiger partial charge in [0, 0.05) is 0 Å². The molecular weight excluding hydrogens is 829 g/mol. The lowest BCUT2D eigenvalue weighted by Gasteiger charge is -2.16. The van der Waals surface area contributed by atoms with E-state index < -0.39 is 0 Å². The van der Waals surface area contributed by atoms with Crippen LogP contribution < -0.4 is 0 Å². The zero-order valence-electron chi connectivity index (χ0n) is 52.3. The van der Waals surface area contributed by atoms with Gasteiger partial charge in [0.1, 0.15) is 0 Å². The average molecular weight is 964 g/mol. The monoisotopic (exact) mass is 963 g/mol. The van der Waals surface area contributed by atoms with Crippen LogP contribution in [0.5, 0.6) is 0 Å². The quantitative estimate of drug-likeness (QED) is 0.0434. The molecule has 0 aromatic rings. The molecule has 0 spiro atoms. The van der Waals surface area contributed by atoms with E-state index in [-0.39, 0.29) is 0 Å². The molecule has 0 aliphatic heterocycles. The van der Waals surface area contributed by atoms with Crippen LogP contribution in [0.3, 0.4) is 0 Å². The molecule has 410 valence electrons. The van der Waals surface area contributed by atoms with Crippen molar-refractivity contribution in [2.75, 3.05) is 0 Å². The molecule has 0 nitrogen and oxygen atoms in total. The van der Waals surface area contributed by atoms with Gasteiger partial charge in [-0.15, -0.1) is 0 Å². The molecule has 0 saturated carbocycles. The Bertz CT molecular complexity index is 1240. The third kappa shape index (κ3) is 70.8. The third-order valence-electron chi connectivity index (χ3n) is 13.4. The van der Waals surface area contributed by atoms with Gasteiger partial charge < -0.3 is 0 Å². The van der Waals surface area contributed by atoms with Crippen LogP contribution in [0.2, 0.25) is 0 Å². The van der Waals surface area contributed by atoms with Crippen LogP contribution in [0, 0.1) is 59.2 Å². The van der Waals surface area contributed by atoms with Crippen molar-refractivity contribution < 1.29 is 0 Å². The maximum atomic E-state index is 2.45. The van der Waals surface area contributed by atoms with Gasteiger partial charge in [0.25, 0.3) is 0 Å². The first kappa shape index (κ1) is 74.0. The predicted octanol–water partition coefficient (Wildman–Crippen LogP) is 25.1. The molecule has 4 unspecified atom stereocenters. The molecule has 0 saturated heterocycles. The van der Waals surface area contributed by atoms with E-state index in [0.717, 1.165) is 53.3 Å². The number of rotatable bonds is 36.